The lowest BCUT2D eigenvalue weighted by atomic mass is 9.99. The second kappa shape index (κ2) is 28.0. The molecule has 9 heteroatoms. The average Bonchev–Trinajstić information content (AvgIpc) is 3.05. The summed E-state index contributed by atoms with van der Waals surface area (Å²) in [6.45, 7) is 3.50. The Kier molecular flexibility index (Phi) is 25.5. The zero-order valence-electron chi connectivity index (χ0n) is 28.3. The van der Waals surface area contributed by atoms with Crippen molar-refractivity contribution in [2.75, 3.05) is 13.2 Å². The number of carbonyl (C=O) groups excluding carboxylic acids is 1. The number of nitrogens with one attached hydrogen (secondary N) is 1. The monoisotopic (exact) mass is 649 g/mol. The minimum atomic E-state index is -1.58. The zero-order valence-corrected chi connectivity index (χ0v) is 28.3. The van der Waals surface area contributed by atoms with Crippen LogP contribution in [0.25, 0.3) is 0 Å². The van der Waals surface area contributed by atoms with Crippen LogP contribution in [0.3, 0.4) is 0 Å². The molecule has 1 rings (SSSR count). The van der Waals surface area contributed by atoms with Crippen molar-refractivity contribution in [3.05, 3.63) is 60.8 Å². The second-order valence-electron chi connectivity index (χ2n) is 11.9. The van der Waals surface area contributed by atoms with Gasteiger partial charge in [-0.15, -0.1) is 0 Å². The van der Waals surface area contributed by atoms with E-state index in [0.717, 1.165) is 83.5 Å². The lowest BCUT2D eigenvalue weighted by Crippen LogP contribution is -2.60. The minimum Gasteiger partial charge on any atom is -0.394 e. The number of unbranched alkanes of at least 4 members (excludes halogenated alkanes) is 8. The van der Waals surface area contributed by atoms with Crippen molar-refractivity contribution in [2.45, 2.75) is 153 Å². The van der Waals surface area contributed by atoms with Gasteiger partial charge in [-0.25, -0.2) is 0 Å². The van der Waals surface area contributed by atoms with Gasteiger partial charge in [-0.2, -0.15) is 0 Å². The van der Waals surface area contributed by atoms with Crippen LogP contribution in [-0.4, -0.2) is 87.5 Å². The maximum atomic E-state index is 12.8. The summed E-state index contributed by atoms with van der Waals surface area (Å²) in [6, 6.07) is -0.833. The number of carbonyl (C=O) groups is 1. The molecule has 0 saturated carbocycles. The van der Waals surface area contributed by atoms with Gasteiger partial charge in [-0.1, -0.05) is 100 Å². The van der Waals surface area contributed by atoms with Crippen LogP contribution < -0.4 is 5.32 Å². The van der Waals surface area contributed by atoms with E-state index in [4.69, 9.17) is 9.47 Å². The largest absolute Gasteiger partial charge is 0.394 e. The standard InChI is InChI=1S/C37H63NO8/c1-3-5-7-9-11-13-15-16-17-19-21-23-25-27-33(41)38-30(29-45-37-36(44)35(43)34(42)32(28-39)46-37)31(40)26-24-22-20-18-14-12-10-8-6-4-2/h6-9,13-15,18,24,26,30-32,34-37,39-40,42-44H,3-5,10-12,16-17,19-23,25,27-29H2,1-2H3,(H,38,41)/b8-6+,9-7-,15-13-,18-14+,26-24+. The molecule has 9 nitrogen and oxygen atoms in total. The van der Waals surface area contributed by atoms with Gasteiger partial charge in [-0.3, -0.25) is 4.79 Å². The van der Waals surface area contributed by atoms with Gasteiger partial charge in [0.2, 0.25) is 5.91 Å². The van der Waals surface area contributed by atoms with E-state index in [9.17, 15) is 30.3 Å². The third-order valence-corrected chi connectivity index (χ3v) is 7.78. The van der Waals surface area contributed by atoms with Gasteiger partial charge >= 0.3 is 0 Å². The van der Waals surface area contributed by atoms with Crippen molar-refractivity contribution in [3.8, 4) is 0 Å². The lowest BCUT2D eigenvalue weighted by molar-refractivity contribution is -0.302. The number of hydrogen-bond donors (Lipinski definition) is 6. The zero-order chi connectivity index (χ0) is 33.8. The van der Waals surface area contributed by atoms with E-state index >= 15 is 0 Å². The first kappa shape index (κ1) is 41.9. The maximum absolute atomic E-state index is 12.8. The first-order chi connectivity index (χ1) is 22.3. The first-order valence-corrected chi connectivity index (χ1v) is 17.5. The summed E-state index contributed by atoms with van der Waals surface area (Å²) in [5.41, 5.74) is 0. The van der Waals surface area contributed by atoms with E-state index < -0.39 is 49.5 Å². The Labute approximate surface area is 277 Å². The molecule has 7 atom stereocenters. The van der Waals surface area contributed by atoms with E-state index in [1.807, 2.05) is 6.08 Å². The van der Waals surface area contributed by atoms with Crippen LogP contribution in [0.5, 0.6) is 0 Å². The molecule has 1 saturated heterocycles. The highest BCUT2D eigenvalue weighted by atomic mass is 16.7. The van der Waals surface area contributed by atoms with E-state index in [2.05, 4.69) is 67.8 Å². The molecule has 6 N–H and O–H groups in total. The van der Waals surface area contributed by atoms with Crippen LogP contribution in [-0.2, 0) is 14.3 Å². The van der Waals surface area contributed by atoms with Gasteiger partial charge in [0.05, 0.1) is 25.4 Å². The number of rotatable bonds is 26. The molecule has 1 fully saturated rings. The minimum absolute atomic E-state index is 0.214. The third kappa shape index (κ3) is 19.5. The molecular formula is C37H63NO8. The molecule has 0 aromatic carbocycles. The summed E-state index contributed by atoms with van der Waals surface area (Å²) >= 11 is 0. The topological polar surface area (TPSA) is 149 Å². The molecule has 0 spiro atoms. The Morgan fingerprint density at radius 2 is 1.37 bits per heavy atom. The summed E-state index contributed by atoms with van der Waals surface area (Å²) in [6.07, 6.45) is 27.0. The molecule has 1 aliphatic heterocycles. The van der Waals surface area contributed by atoms with E-state index in [-0.39, 0.29) is 12.5 Å². The summed E-state index contributed by atoms with van der Waals surface area (Å²) in [5.74, 6) is -0.214. The molecule has 0 radical (unpaired) electrons. The van der Waals surface area contributed by atoms with Crippen LogP contribution in [0.1, 0.15) is 110 Å². The summed E-state index contributed by atoms with van der Waals surface area (Å²) in [7, 11) is 0. The summed E-state index contributed by atoms with van der Waals surface area (Å²) in [5, 5.41) is 53.6. The number of hydrogen-bond acceptors (Lipinski definition) is 8. The predicted molar refractivity (Wildman–Crippen MR) is 184 cm³/mol. The Hall–Kier alpha value is -2.11. The van der Waals surface area contributed by atoms with Gasteiger partial charge in [0.15, 0.2) is 6.29 Å². The highest BCUT2D eigenvalue weighted by Crippen LogP contribution is 2.22. The van der Waals surface area contributed by atoms with Gasteiger partial charge in [0.1, 0.15) is 24.4 Å². The Bertz CT molecular complexity index is 900. The van der Waals surface area contributed by atoms with Crippen molar-refractivity contribution in [1.82, 2.24) is 5.32 Å². The van der Waals surface area contributed by atoms with Crippen molar-refractivity contribution >= 4 is 5.91 Å². The van der Waals surface area contributed by atoms with Crippen LogP contribution in [0.15, 0.2) is 60.8 Å². The van der Waals surface area contributed by atoms with Gasteiger partial charge in [-0.05, 0) is 64.2 Å². The molecular weight excluding hydrogens is 586 g/mol. The van der Waals surface area contributed by atoms with Crippen LogP contribution in [0.2, 0.25) is 0 Å². The van der Waals surface area contributed by atoms with E-state index in [1.165, 1.54) is 6.42 Å². The molecule has 1 aliphatic rings. The normalized spacial score (nSPS) is 23.8. The highest BCUT2D eigenvalue weighted by Gasteiger charge is 2.44. The Morgan fingerprint density at radius 1 is 0.761 bits per heavy atom. The molecule has 1 amide bonds. The average molecular weight is 650 g/mol. The van der Waals surface area contributed by atoms with Gasteiger partial charge in [0.25, 0.3) is 0 Å². The number of aliphatic hydroxyl groups is 5. The summed E-state index contributed by atoms with van der Waals surface area (Å²) < 4.78 is 11.1. The Morgan fingerprint density at radius 3 is 2.04 bits per heavy atom. The SMILES string of the molecule is CC/C=C/CC/C=C/CC/C=C/C(O)C(COC1OC(CO)C(O)C(O)C1O)NC(=O)CCCCCCC/C=C\C/C=C\CCC. The molecule has 264 valence electrons. The second-order valence-corrected chi connectivity index (χ2v) is 11.9. The van der Waals surface area contributed by atoms with E-state index in [0.29, 0.717) is 6.42 Å². The maximum Gasteiger partial charge on any atom is 0.220 e. The molecule has 7 unspecified atom stereocenters. The Balaban J connectivity index is 2.54. The number of amides is 1. The third-order valence-electron chi connectivity index (χ3n) is 7.78. The fraction of sp³-hybridized carbons (Fsp3) is 0.703. The number of ether oxygens (including phenoxy) is 2. The van der Waals surface area contributed by atoms with Crippen molar-refractivity contribution in [2.24, 2.45) is 0 Å². The van der Waals surface area contributed by atoms with Crippen LogP contribution in [0, 0.1) is 0 Å². The van der Waals surface area contributed by atoms with Crippen molar-refractivity contribution in [1.29, 1.82) is 0 Å². The van der Waals surface area contributed by atoms with Crippen LogP contribution >= 0.6 is 0 Å². The fourth-order valence-electron chi connectivity index (χ4n) is 4.93. The van der Waals surface area contributed by atoms with Gasteiger partial charge < -0.3 is 40.3 Å². The number of allylic oxidation sites excluding steroid dienone is 9. The fourth-order valence-corrected chi connectivity index (χ4v) is 4.93. The molecule has 0 aliphatic carbocycles. The predicted octanol–water partition coefficient (Wildman–Crippen LogP) is 5.32. The van der Waals surface area contributed by atoms with E-state index in [1.54, 1.807) is 6.08 Å². The first-order valence-electron chi connectivity index (χ1n) is 17.5. The molecule has 1 heterocycles. The molecule has 0 bridgehead atoms. The smallest absolute Gasteiger partial charge is 0.220 e. The van der Waals surface area contributed by atoms with Crippen molar-refractivity contribution in [3.63, 3.8) is 0 Å². The van der Waals surface area contributed by atoms with Gasteiger partial charge in [0, 0.05) is 6.42 Å². The lowest BCUT2D eigenvalue weighted by Gasteiger charge is -2.40. The summed E-state index contributed by atoms with van der Waals surface area (Å²) in [4.78, 5) is 12.8. The molecule has 0 aromatic heterocycles. The van der Waals surface area contributed by atoms with Crippen LogP contribution in [0.4, 0.5) is 0 Å². The quantitative estimate of drug-likeness (QED) is 0.0545. The van der Waals surface area contributed by atoms with Crippen molar-refractivity contribution < 1.29 is 39.8 Å². The number of aliphatic hydroxyl groups excluding tert-OH is 5. The highest BCUT2D eigenvalue weighted by molar-refractivity contribution is 5.76. The molecule has 46 heavy (non-hydrogen) atoms. The molecule has 0 aromatic rings.